The van der Waals surface area contributed by atoms with Gasteiger partial charge in [0.05, 0.1) is 19.0 Å². The molecular formula is C15H22F6N2O7S3. The van der Waals surface area contributed by atoms with Crippen molar-refractivity contribution in [3.05, 3.63) is 0 Å². The number of nitriles is 1. The predicted molar refractivity (Wildman–Crippen MR) is 102 cm³/mol. The molecule has 0 aliphatic carbocycles. The number of sulfonamides is 1. The number of alkyl halides is 6. The van der Waals surface area contributed by atoms with Gasteiger partial charge in [0.1, 0.15) is 6.07 Å². The highest BCUT2D eigenvalue weighted by molar-refractivity contribution is 8.11. The Kier molecular flexibility index (Phi) is 7.69. The molecule has 1 atom stereocenters. The minimum absolute atomic E-state index is 0.151. The summed E-state index contributed by atoms with van der Waals surface area (Å²) in [6.07, 6.45) is 0. The number of ether oxygens (including phenoxy) is 1. The van der Waals surface area contributed by atoms with E-state index in [0.717, 1.165) is 0 Å². The van der Waals surface area contributed by atoms with Crippen LogP contribution in [0.2, 0.25) is 0 Å². The van der Waals surface area contributed by atoms with Crippen molar-refractivity contribution in [3.8, 4) is 6.07 Å². The molecule has 0 saturated carbocycles. The largest absolute Gasteiger partial charge is 0.428 e. The normalized spacial score (nSPS) is 20.2. The van der Waals surface area contributed by atoms with E-state index in [-0.39, 0.29) is 11.2 Å². The summed E-state index contributed by atoms with van der Waals surface area (Å²) < 4.78 is 161. The van der Waals surface area contributed by atoms with Crippen LogP contribution in [0.4, 0.5) is 26.3 Å². The molecule has 1 saturated heterocycles. The van der Waals surface area contributed by atoms with E-state index in [1.54, 1.807) is 0 Å². The average molecular weight is 553 g/mol. The molecule has 0 radical (unpaired) electrons. The molecule has 0 aromatic carbocycles. The fourth-order valence-electron chi connectivity index (χ4n) is 2.70. The van der Waals surface area contributed by atoms with Gasteiger partial charge < -0.3 is 4.74 Å². The van der Waals surface area contributed by atoms with Crippen LogP contribution in [0.25, 0.3) is 0 Å². The van der Waals surface area contributed by atoms with E-state index < -0.39 is 87.7 Å². The first kappa shape index (κ1) is 29.9. The lowest BCUT2D eigenvalue weighted by molar-refractivity contribution is -0.245. The van der Waals surface area contributed by atoms with Crippen LogP contribution in [0.5, 0.6) is 0 Å². The maximum absolute atomic E-state index is 14.7. The first-order chi connectivity index (χ1) is 14.4. The monoisotopic (exact) mass is 552 g/mol. The summed E-state index contributed by atoms with van der Waals surface area (Å²) in [6, 6.07) is 0.503. The molecule has 18 heteroatoms. The van der Waals surface area contributed by atoms with Gasteiger partial charge in [0.15, 0.2) is 9.84 Å². The molecule has 0 aromatic heterocycles. The first-order valence-corrected chi connectivity index (χ1v) is 13.5. The van der Waals surface area contributed by atoms with Crippen molar-refractivity contribution < 1.29 is 56.3 Å². The van der Waals surface area contributed by atoms with Crippen LogP contribution in [0.3, 0.4) is 0 Å². The molecule has 1 rings (SSSR count). The third kappa shape index (κ3) is 4.46. The van der Waals surface area contributed by atoms with Crippen LogP contribution in [0.15, 0.2) is 0 Å². The molecule has 0 aromatic rings. The lowest BCUT2D eigenvalue weighted by Crippen LogP contribution is -2.67. The van der Waals surface area contributed by atoms with E-state index in [1.807, 2.05) is 0 Å². The molecule has 194 valence electrons. The Labute approximate surface area is 187 Å². The SMILES string of the molecule is CC(C)(C)CS(=O)(=O)C(C)(C#N)S(=O)(=O)C(F)(F)C(F)(F)C(F)(F)S(=O)(=O)N1CCOCC1. The number of halogens is 6. The lowest BCUT2D eigenvalue weighted by atomic mass is 10.0. The van der Waals surface area contributed by atoms with Crippen LogP contribution in [0.1, 0.15) is 27.7 Å². The number of morpholine rings is 1. The van der Waals surface area contributed by atoms with Gasteiger partial charge in [-0.1, -0.05) is 20.8 Å². The highest BCUT2D eigenvalue weighted by Crippen LogP contribution is 2.54. The van der Waals surface area contributed by atoms with Crippen molar-refractivity contribution >= 4 is 29.7 Å². The highest BCUT2D eigenvalue weighted by atomic mass is 32.3. The minimum Gasteiger partial charge on any atom is -0.379 e. The third-order valence-corrected chi connectivity index (χ3v) is 12.6. The number of sulfone groups is 2. The standard InChI is InChI=1S/C15H22F6N2O7S3/c1-11(2,3)10-31(24,25)12(4,9-22)32(26,27)14(18,19)13(16,17)15(20,21)33(28,29)23-5-7-30-8-6-23/h5-8,10H2,1-4H3. The first-order valence-electron chi connectivity index (χ1n) is 8.96. The van der Waals surface area contributed by atoms with Crippen molar-refractivity contribution in [2.24, 2.45) is 5.41 Å². The van der Waals surface area contributed by atoms with E-state index in [2.05, 4.69) is 4.74 Å². The minimum atomic E-state index is -7.33. The molecule has 33 heavy (non-hydrogen) atoms. The van der Waals surface area contributed by atoms with Gasteiger partial charge in [-0.05, 0) is 12.3 Å². The zero-order valence-corrected chi connectivity index (χ0v) is 20.2. The molecular weight excluding hydrogens is 530 g/mol. The summed E-state index contributed by atoms with van der Waals surface area (Å²) in [4.78, 5) is 0. The fourth-order valence-corrected chi connectivity index (χ4v) is 8.63. The topological polar surface area (TPSA) is 139 Å². The van der Waals surface area contributed by atoms with Gasteiger partial charge >= 0.3 is 16.4 Å². The Morgan fingerprint density at radius 2 is 1.27 bits per heavy atom. The number of hydrogen-bond donors (Lipinski definition) is 0. The molecule has 1 aliphatic rings. The van der Waals surface area contributed by atoms with Crippen molar-refractivity contribution in [1.82, 2.24) is 4.31 Å². The van der Waals surface area contributed by atoms with Gasteiger partial charge in [0, 0.05) is 13.1 Å². The Bertz CT molecular complexity index is 1120. The fraction of sp³-hybridized carbons (Fsp3) is 0.933. The highest BCUT2D eigenvalue weighted by Gasteiger charge is 2.85. The second-order valence-corrected chi connectivity index (χ2v) is 15.4. The van der Waals surface area contributed by atoms with Gasteiger partial charge in [-0.3, -0.25) is 0 Å². The van der Waals surface area contributed by atoms with Crippen LogP contribution in [-0.2, 0) is 34.4 Å². The second-order valence-electron chi connectivity index (χ2n) is 8.51. The number of hydrogen-bond acceptors (Lipinski definition) is 8. The number of nitrogens with zero attached hydrogens (tertiary/aromatic N) is 2. The van der Waals surface area contributed by atoms with E-state index in [4.69, 9.17) is 5.26 Å². The van der Waals surface area contributed by atoms with Gasteiger partial charge in [-0.15, -0.1) is 0 Å². The summed E-state index contributed by atoms with van der Waals surface area (Å²) in [5, 5.41) is -4.58. The lowest BCUT2D eigenvalue weighted by Gasteiger charge is -2.37. The zero-order chi connectivity index (χ0) is 26.5. The molecule has 0 amide bonds. The van der Waals surface area contributed by atoms with Crippen molar-refractivity contribution in [3.63, 3.8) is 0 Å². The Morgan fingerprint density at radius 3 is 1.64 bits per heavy atom. The van der Waals surface area contributed by atoms with Gasteiger partial charge in [-0.2, -0.15) is 35.9 Å². The summed E-state index contributed by atoms with van der Waals surface area (Å²) >= 11 is 0. The van der Waals surface area contributed by atoms with E-state index in [1.165, 1.54) is 20.8 Å². The Morgan fingerprint density at radius 1 is 0.848 bits per heavy atom. The zero-order valence-electron chi connectivity index (χ0n) is 17.8. The molecule has 1 unspecified atom stereocenters. The van der Waals surface area contributed by atoms with Crippen molar-refractivity contribution in [2.75, 3.05) is 32.1 Å². The van der Waals surface area contributed by atoms with Gasteiger partial charge in [0.2, 0.25) is 0 Å². The maximum atomic E-state index is 14.7. The molecule has 0 spiro atoms. The molecule has 0 N–H and O–H groups in total. The van der Waals surface area contributed by atoms with Crippen LogP contribution >= 0.6 is 0 Å². The third-order valence-electron chi connectivity index (χ3n) is 4.63. The molecule has 1 aliphatic heterocycles. The quantitative estimate of drug-likeness (QED) is 0.414. The van der Waals surface area contributed by atoms with Crippen LogP contribution < -0.4 is 0 Å². The Balaban J connectivity index is 3.73. The van der Waals surface area contributed by atoms with Crippen LogP contribution in [0, 0.1) is 16.7 Å². The van der Waals surface area contributed by atoms with Gasteiger partial charge in [-0.25, -0.2) is 25.3 Å². The van der Waals surface area contributed by atoms with E-state index in [9.17, 15) is 51.6 Å². The smallest absolute Gasteiger partial charge is 0.379 e. The molecule has 9 nitrogen and oxygen atoms in total. The summed E-state index contributed by atoms with van der Waals surface area (Å²) in [7, 11) is -19.4. The molecule has 1 heterocycles. The molecule has 1 fully saturated rings. The van der Waals surface area contributed by atoms with Gasteiger partial charge in [0.25, 0.3) is 23.9 Å². The summed E-state index contributed by atoms with van der Waals surface area (Å²) in [6.45, 7) is 0.507. The summed E-state index contributed by atoms with van der Waals surface area (Å²) in [5.41, 5.74) is -1.37. The second kappa shape index (κ2) is 8.50. The Hall–Kier alpha value is -1.16. The molecule has 0 bridgehead atoms. The summed E-state index contributed by atoms with van der Waals surface area (Å²) in [5.74, 6) is -8.46. The van der Waals surface area contributed by atoms with Crippen molar-refractivity contribution in [2.45, 2.75) is 48.2 Å². The van der Waals surface area contributed by atoms with Crippen molar-refractivity contribution in [1.29, 1.82) is 5.26 Å². The van der Waals surface area contributed by atoms with Crippen LogP contribution in [-0.4, -0.2) is 82.1 Å². The maximum Gasteiger partial charge on any atom is 0.428 e. The van der Waals surface area contributed by atoms with E-state index in [0.29, 0.717) is 6.07 Å². The average Bonchev–Trinajstić information content (AvgIpc) is 2.65. The number of rotatable bonds is 8. The van der Waals surface area contributed by atoms with E-state index >= 15 is 0 Å². The predicted octanol–water partition coefficient (Wildman–Crippen LogP) is 1.58.